The average molecular weight is 319 g/mol. The normalized spacial score (nSPS) is 12.5. The number of nitrogens with one attached hydrogen (secondary N) is 1. The molecule has 14 heavy (non-hydrogen) atoms. The summed E-state index contributed by atoms with van der Waals surface area (Å²) in [7, 11) is 0. The van der Waals surface area contributed by atoms with E-state index in [0.717, 1.165) is 15.5 Å². The Balaban J connectivity index is 2.98. The molecule has 0 heterocycles. The molecule has 0 fully saturated rings. The third-order valence-corrected chi connectivity index (χ3v) is 3.14. The van der Waals surface area contributed by atoms with Crippen LogP contribution < -0.4 is 5.32 Å². The van der Waals surface area contributed by atoms with Gasteiger partial charge in [-0.3, -0.25) is 0 Å². The van der Waals surface area contributed by atoms with E-state index in [1.807, 2.05) is 18.2 Å². The topological polar surface area (TPSA) is 12.0 Å². The predicted octanol–water partition coefficient (Wildman–Crippen LogP) is 4.05. The van der Waals surface area contributed by atoms with Crippen molar-refractivity contribution < 1.29 is 0 Å². The Morgan fingerprint density at radius 1 is 1.50 bits per heavy atom. The van der Waals surface area contributed by atoms with Gasteiger partial charge in [-0.25, -0.2) is 0 Å². The van der Waals surface area contributed by atoms with Crippen LogP contribution in [-0.4, -0.2) is 6.54 Å². The number of benzene rings is 1. The first-order valence-corrected chi connectivity index (χ1v) is 6.08. The van der Waals surface area contributed by atoms with Gasteiger partial charge in [-0.1, -0.05) is 50.9 Å². The van der Waals surface area contributed by atoms with Gasteiger partial charge in [0.05, 0.1) is 6.04 Å². The molecule has 0 aliphatic carbocycles. The average Bonchev–Trinajstić information content (AvgIpc) is 2.15. The molecule has 0 bridgehead atoms. The van der Waals surface area contributed by atoms with Crippen LogP contribution in [0.3, 0.4) is 0 Å². The molecule has 1 aromatic carbocycles. The van der Waals surface area contributed by atoms with E-state index in [-0.39, 0.29) is 6.04 Å². The quantitative estimate of drug-likeness (QED) is 0.826. The number of likely N-dealkylation sites (N-methyl/N-ethyl adjacent to an activating group) is 1. The van der Waals surface area contributed by atoms with Gasteiger partial charge in [-0.05, 0) is 24.2 Å². The highest BCUT2D eigenvalue weighted by molar-refractivity contribution is 9.11. The lowest BCUT2D eigenvalue weighted by molar-refractivity contribution is 0.647. The van der Waals surface area contributed by atoms with Gasteiger partial charge in [0, 0.05) is 8.95 Å². The maximum atomic E-state index is 3.82. The highest BCUT2D eigenvalue weighted by Gasteiger charge is 2.09. The number of hydrogen-bond donors (Lipinski definition) is 1. The maximum Gasteiger partial charge on any atom is 0.0514 e. The SMILES string of the molecule is C=CC(NCC)c1ccc(Br)cc1Br. The number of hydrogen-bond acceptors (Lipinski definition) is 1. The third-order valence-electron chi connectivity index (χ3n) is 1.96. The first-order chi connectivity index (χ1) is 6.69. The minimum absolute atomic E-state index is 0.211. The van der Waals surface area contributed by atoms with Crippen LogP contribution in [0.2, 0.25) is 0 Å². The molecule has 3 heteroatoms. The summed E-state index contributed by atoms with van der Waals surface area (Å²) < 4.78 is 2.17. The Labute approximate surface area is 102 Å². The molecule has 1 N–H and O–H groups in total. The molecule has 0 aliphatic rings. The molecule has 1 rings (SSSR count). The number of rotatable bonds is 4. The van der Waals surface area contributed by atoms with E-state index in [2.05, 4.69) is 56.7 Å². The van der Waals surface area contributed by atoms with Crippen molar-refractivity contribution in [2.24, 2.45) is 0 Å². The monoisotopic (exact) mass is 317 g/mol. The molecule has 1 unspecified atom stereocenters. The maximum absolute atomic E-state index is 3.82. The summed E-state index contributed by atoms with van der Waals surface area (Å²) in [5.74, 6) is 0. The highest BCUT2D eigenvalue weighted by atomic mass is 79.9. The Kier molecular flexibility index (Phi) is 4.85. The van der Waals surface area contributed by atoms with Gasteiger partial charge in [0.2, 0.25) is 0 Å². The first-order valence-electron chi connectivity index (χ1n) is 4.50. The second kappa shape index (κ2) is 5.69. The molecule has 0 amide bonds. The zero-order valence-corrected chi connectivity index (χ0v) is 11.2. The summed E-state index contributed by atoms with van der Waals surface area (Å²) >= 11 is 6.97. The van der Waals surface area contributed by atoms with Crippen molar-refractivity contribution in [3.8, 4) is 0 Å². The minimum Gasteiger partial charge on any atom is -0.307 e. The lowest BCUT2D eigenvalue weighted by atomic mass is 10.1. The van der Waals surface area contributed by atoms with Crippen LogP contribution in [0.1, 0.15) is 18.5 Å². The van der Waals surface area contributed by atoms with Crippen molar-refractivity contribution in [2.45, 2.75) is 13.0 Å². The molecule has 0 radical (unpaired) electrons. The zero-order valence-electron chi connectivity index (χ0n) is 8.06. The van der Waals surface area contributed by atoms with Crippen molar-refractivity contribution in [1.29, 1.82) is 0 Å². The van der Waals surface area contributed by atoms with Gasteiger partial charge in [-0.15, -0.1) is 6.58 Å². The molecule has 0 saturated heterocycles. The van der Waals surface area contributed by atoms with Crippen molar-refractivity contribution in [3.05, 3.63) is 45.4 Å². The van der Waals surface area contributed by atoms with Crippen LogP contribution in [0.5, 0.6) is 0 Å². The second-order valence-electron chi connectivity index (χ2n) is 2.94. The first kappa shape index (κ1) is 12.0. The van der Waals surface area contributed by atoms with Gasteiger partial charge < -0.3 is 5.32 Å². The van der Waals surface area contributed by atoms with Crippen LogP contribution in [0.25, 0.3) is 0 Å². The molecule has 1 atom stereocenters. The second-order valence-corrected chi connectivity index (χ2v) is 4.71. The zero-order chi connectivity index (χ0) is 10.6. The molecule has 0 saturated carbocycles. The van der Waals surface area contributed by atoms with Gasteiger partial charge in [0.25, 0.3) is 0 Å². The van der Waals surface area contributed by atoms with Gasteiger partial charge >= 0.3 is 0 Å². The Morgan fingerprint density at radius 3 is 2.71 bits per heavy atom. The van der Waals surface area contributed by atoms with E-state index in [4.69, 9.17) is 0 Å². The van der Waals surface area contributed by atoms with E-state index < -0.39 is 0 Å². The number of halogens is 2. The summed E-state index contributed by atoms with van der Waals surface area (Å²) in [6.45, 7) is 6.84. The summed E-state index contributed by atoms with van der Waals surface area (Å²) in [4.78, 5) is 0. The molecule has 1 aromatic rings. The van der Waals surface area contributed by atoms with Crippen LogP contribution in [-0.2, 0) is 0 Å². The fraction of sp³-hybridized carbons (Fsp3) is 0.273. The molecular weight excluding hydrogens is 306 g/mol. The van der Waals surface area contributed by atoms with Crippen molar-refractivity contribution >= 4 is 31.9 Å². The predicted molar refractivity (Wildman–Crippen MR) is 68.5 cm³/mol. The summed E-state index contributed by atoms with van der Waals surface area (Å²) in [6, 6.07) is 6.38. The summed E-state index contributed by atoms with van der Waals surface area (Å²) in [5.41, 5.74) is 1.21. The Morgan fingerprint density at radius 2 is 2.21 bits per heavy atom. The summed E-state index contributed by atoms with van der Waals surface area (Å²) in [6.07, 6.45) is 1.91. The standard InChI is InChI=1S/C11H13Br2N/c1-3-11(14-4-2)9-6-5-8(12)7-10(9)13/h3,5-7,11,14H,1,4H2,2H3. The van der Waals surface area contributed by atoms with Crippen LogP contribution in [0.4, 0.5) is 0 Å². The van der Waals surface area contributed by atoms with Gasteiger partial charge in [0.15, 0.2) is 0 Å². The lowest BCUT2D eigenvalue weighted by Crippen LogP contribution is -2.18. The van der Waals surface area contributed by atoms with E-state index in [1.54, 1.807) is 0 Å². The van der Waals surface area contributed by atoms with Crippen molar-refractivity contribution in [2.75, 3.05) is 6.54 Å². The smallest absolute Gasteiger partial charge is 0.0514 e. The molecule has 76 valence electrons. The molecule has 0 aliphatic heterocycles. The Hall–Kier alpha value is -0.120. The molecule has 0 spiro atoms. The molecular formula is C11H13Br2N. The van der Waals surface area contributed by atoms with Crippen LogP contribution in [0.15, 0.2) is 39.8 Å². The fourth-order valence-electron chi connectivity index (χ4n) is 1.29. The van der Waals surface area contributed by atoms with Crippen LogP contribution >= 0.6 is 31.9 Å². The van der Waals surface area contributed by atoms with E-state index in [1.165, 1.54) is 5.56 Å². The van der Waals surface area contributed by atoms with E-state index >= 15 is 0 Å². The molecule has 1 nitrogen and oxygen atoms in total. The third kappa shape index (κ3) is 2.94. The van der Waals surface area contributed by atoms with Crippen LogP contribution in [0, 0.1) is 0 Å². The fourth-order valence-corrected chi connectivity index (χ4v) is 2.59. The van der Waals surface area contributed by atoms with E-state index in [0.29, 0.717) is 0 Å². The highest BCUT2D eigenvalue weighted by Crippen LogP contribution is 2.27. The largest absolute Gasteiger partial charge is 0.307 e. The van der Waals surface area contributed by atoms with Crippen molar-refractivity contribution in [3.63, 3.8) is 0 Å². The summed E-state index contributed by atoms with van der Waals surface area (Å²) in [5, 5.41) is 3.35. The van der Waals surface area contributed by atoms with E-state index in [9.17, 15) is 0 Å². The lowest BCUT2D eigenvalue weighted by Gasteiger charge is -2.15. The van der Waals surface area contributed by atoms with Gasteiger partial charge in [0.1, 0.15) is 0 Å². The van der Waals surface area contributed by atoms with Crippen molar-refractivity contribution in [1.82, 2.24) is 5.32 Å². The molecule has 0 aromatic heterocycles. The van der Waals surface area contributed by atoms with Gasteiger partial charge in [-0.2, -0.15) is 0 Å². The Bertz CT molecular complexity index is 323. The minimum atomic E-state index is 0.211.